The van der Waals surface area contributed by atoms with Crippen LogP contribution >= 0.6 is 0 Å². The van der Waals surface area contributed by atoms with Crippen molar-refractivity contribution in [2.24, 2.45) is 5.92 Å². The summed E-state index contributed by atoms with van der Waals surface area (Å²) in [6.45, 7) is 10.8. The molecule has 0 spiro atoms. The minimum atomic E-state index is -0.551. The number of nitrogens with one attached hydrogen (secondary N) is 1. The van der Waals surface area contributed by atoms with Crippen LogP contribution in [0.1, 0.15) is 56.5 Å². The van der Waals surface area contributed by atoms with Crippen molar-refractivity contribution in [2.75, 3.05) is 26.3 Å². The third-order valence-corrected chi connectivity index (χ3v) is 5.61. The van der Waals surface area contributed by atoms with Gasteiger partial charge in [-0.1, -0.05) is 32.9 Å². The maximum atomic E-state index is 12.7. The SMILES string of the molecule is CC(NC(=O)c1ccc(C(C)(C)C)cc1)C(=O)N1CCC(C2OCCO2)CC1. The standard InChI is InChI=1S/C22H32N2O4/c1-15(23-19(25)16-5-7-18(8-6-16)22(2,3)4)20(26)24-11-9-17(10-12-24)21-27-13-14-28-21/h5-8,15,17,21H,9-14H2,1-4H3,(H,23,25). The van der Waals surface area contributed by atoms with E-state index in [2.05, 4.69) is 26.1 Å². The summed E-state index contributed by atoms with van der Waals surface area (Å²) in [6, 6.07) is 7.03. The highest BCUT2D eigenvalue weighted by Crippen LogP contribution is 2.26. The zero-order chi connectivity index (χ0) is 20.3. The summed E-state index contributed by atoms with van der Waals surface area (Å²) < 4.78 is 11.2. The fourth-order valence-corrected chi connectivity index (χ4v) is 3.78. The van der Waals surface area contributed by atoms with Gasteiger partial charge in [0.25, 0.3) is 5.91 Å². The average molecular weight is 389 g/mol. The van der Waals surface area contributed by atoms with Crippen LogP contribution in [0.3, 0.4) is 0 Å². The van der Waals surface area contributed by atoms with Crippen LogP contribution in [0.5, 0.6) is 0 Å². The molecule has 2 aliphatic heterocycles. The van der Waals surface area contributed by atoms with Crippen molar-refractivity contribution in [1.29, 1.82) is 0 Å². The molecule has 1 aromatic carbocycles. The number of amides is 2. The van der Waals surface area contributed by atoms with Crippen LogP contribution in [0.2, 0.25) is 0 Å². The second kappa shape index (κ2) is 8.62. The second-order valence-electron chi connectivity index (χ2n) is 8.80. The number of piperidine rings is 1. The molecule has 1 N–H and O–H groups in total. The number of nitrogens with zero attached hydrogens (tertiary/aromatic N) is 1. The Morgan fingerprint density at radius 3 is 2.18 bits per heavy atom. The largest absolute Gasteiger partial charge is 0.350 e. The van der Waals surface area contributed by atoms with Crippen LogP contribution in [-0.4, -0.2) is 55.3 Å². The smallest absolute Gasteiger partial charge is 0.251 e. The van der Waals surface area contributed by atoms with Crippen LogP contribution in [0.25, 0.3) is 0 Å². The average Bonchev–Trinajstić information content (AvgIpc) is 3.21. The molecule has 1 aromatic rings. The van der Waals surface area contributed by atoms with Crippen molar-refractivity contribution < 1.29 is 19.1 Å². The molecule has 6 heteroatoms. The quantitative estimate of drug-likeness (QED) is 0.861. The molecule has 28 heavy (non-hydrogen) atoms. The predicted molar refractivity (Wildman–Crippen MR) is 107 cm³/mol. The van der Waals surface area contributed by atoms with Gasteiger partial charge < -0.3 is 19.7 Å². The predicted octanol–water partition coefficient (Wildman–Crippen LogP) is 2.71. The molecule has 0 aliphatic carbocycles. The maximum Gasteiger partial charge on any atom is 0.251 e. The van der Waals surface area contributed by atoms with Crippen LogP contribution in [0.15, 0.2) is 24.3 Å². The van der Waals surface area contributed by atoms with E-state index >= 15 is 0 Å². The molecule has 3 rings (SSSR count). The van der Waals surface area contributed by atoms with Gasteiger partial charge in [-0.2, -0.15) is 0 Å². The van der Waals surface area contributed by atoms with Crippen LogP contribution < -0.4 is 5.32 Å². The summed E-state index contributed by atoms with van der Waals surface area (Å²) >= 11 is 0. The Morgan fingerprint density at radius 1 is 1.07 bits per heavy atom. The molecule has 0 bridgehead atoms. The number of carbonyl (C=O) groups is 2. The molecule has 0 saturated carbocycles. The Kier molecular flexibility index (Phi) is 6.40. The van der Waals surface area contributed by atoms with Crippen LogP contribution in [0.4, 0.5) is 0 Å². The molecule has 154 valence electrons. The zero-order valence-electron chi connectivity index (χ0n) is 17.4. The molecule has 2 amide bonds. The molecule has 1 unspecified atom stereocenters. The van der Waals surface area contributed by atoms with Crippen molar-refractivity contribution in [3.63, 3.8) is 0 Å². The van der Waals surface area contributed by atoms with Crippen molar-refractivity contribution in [3.8, 4) is 0 Å². The van der Waals surface area contributed by atoms with E-state index in [-0.39, 0.29) is 23.5 Å². The minimum Gasteiger partial charge on any atom is -0.350 e. The second-order valence-corrected chi connectivity index (χ2v) is 8.80. The molecule has 2 aliphatic rings. The van der Waals surface area contributed by atoms with Gasteiger partial charge in [-0.05, 0) is 42.9 Å². The lowest BCUT2D eigenvalue weighted by Crippen LogP contribution is -2.50. The van der Waals surface area contributed by atoms with Crippen LogP contribution in [0, 0.1) is 5.92 Å². The van der Waals surface area contributed by atoms with Gasteiger partial charge in [0.2, 0.25) is 5.91 Å². The van der Waals surface area contributed by atoms with Gasteiger partial charge in [-0.25, -0.2) is 0 Å². The summed E-state index contributed by atoms with van der Waals surface area (Å²) in [6.07, 6.45) is 1.61. The molecule has 0 radical (unpaired) electrons. The summed E-state index contributed by atoms with van der Waals surface area (Å²) in [7, 11) is 0. The molecule has 1 atom stereocenters. The number of benzene rings is 1. The normalized spacial score (nSPS) is 20.2. The summed E-state index contributed by atoms with van der Waals surface area (Å²) in [5.41, 5.74) is 1.78. The third kappa shape index (κ3) is 4.92. The van der Waals surface area contributed by atoms with E-state index in [0.29, 0.717) is 37.8 Å². The maximum absolute atomic E-state index is 12.7. The van der Waals surface area contributed by atoms with Gasteiger partial charge >= 0.3 is 0 Å². The number of ether oxygens (including phenoxy) is 2. The first kappa shape index (κ1) is 20.8. The van der Waals surface area contributed by atoms with E-state index in [1.54, 1.807) is 6.92 Å². The summed E-state index contributed by atoms with van der Waals surface area (Å²) in [5.74, 6) is 0.0908. The Hall–Kier alpha value is -1.92. The van der Waals surface area contributed by atoms with Crippen molar-refractivity contribution in [2.45, 2.75) is 58.3 Å². The zero-order valence-corrected chi connectivity index (χ0v) is 17.4. The van der Waals surface area contributed by atoms with Gasteiger partial charge in [-0.15, -0.1) is 0 Å². The van der Waals surface area contributed by atoms with Crippen molar-refractivity contribution >= 4 is 11.8 Å². The lowest BCUT2D eigenvalue weighted by atomic mass is 9.86. The first-order chi connectivity index (χ1) is 13.3. The number of hydrogen-bond acceptors (Lipinski definition) is 4. The summed E-state index contributed by atoms with van der Waals surface area (Å²) in [4.78, 5) is 27.1. The Morgan fingerprint density at radius 2 is 1.64 bits per heavy atom. The molecular weight excluding hydrogens is 356 g/mol. The molecule has 2 heterocycles. The first-order valence-electron chi connectivity index (χ1n) is 10.2. The van der Waals surface area contributed by atoms with E-state index in [4.69, 9.17) is 9.47 Å². The molecule has 6 nitrogen and oxygen atoms in total. The van der Waals surface area contributed by atoms with Crippen LogP contribution in [-0.2, 0) is 19.7 Å². The minimum absolute atomic E-state index is 0.0358. The molecular formula is C22H32N2O4. The van der Waals surface area contributed by atoms with Crippen molar-refractivity contribution in [1.82, 2.24) is 10.2 Å². The molecule has 2 fully saturated rings. The van der Waals surface area contributed by atoms with Gasteiger partial charge in [-0.3, -0.25) is 9.59 Å². The summed E-state index contributed by atoms with van der Waals surface area (Å²) in [5, 5.41) is 2.84. The highest BCUT2D eigenvalue weighted by molar-refractivity contribution is 5.97. The van der Waals surface area contributed by atoms with Gasteiger partial charge in [0.15, 0.2) is 6.29 Å². The Bertz CT molecular complexity index is 681. The van der Waals surface area contributed by atoms with Gasteiger partial charge in [0.05, 0.1) is 13.2 Å². The van der Waals surface area contributed by atoms with E-state index in [9.17, 15) is 9.59 Å². The number of likely N-dealkylation sites (tertiary alicyclic amines) is 1. The van der Waals surface area contributed by atoms with Gasteiger partial charge in [0, 0.05) is 24.6 Å². The molecule has 0 aromatic heterocycles. The number of hydrogen-bond donors (Lipinski definition) is 1. The van der Waals surface area contributed by atoms with Gasteiger partial charge in [0.1, 0.15) is 6.04 Å². The third-order valence-electron chi connectivity index (χ3n) is 5.61. The highest BCUT2D eigenvalue weighted by Gasteiger charge is 2.33. The van der Waals surface area contributed by atoms with E-state index in [0.717, 1.165) is 12.8 Å². The van der Waals surface area contributed by atoms with Crippen molar-refractivity contribution in [3.05, 3.63) is 35.4 Å². The number of rotatable bonds is 4. The fraction of sp³-hybridized carbons (Fsp3) is 0.636. The Labute approximate surface area is 167 Å². The van der Waals surface area contributed by atoms with E-state index in [1.165, 1.54) is 5.56 Å². The fourth-order valence-electron chi connectivity index (χ4n) is 3.78. The number of carbonyl (C=O) groups excluding carboxylic acids is 2. The van der Waals surface area contributed by atoms with E-state index < -0.39 is 6.04 Å². The van der Waals surface area contributed by atoms with E-state index in [1.807, 2.05) is 29.2 Å². The first-order valence-corrected chi connectivity index (χ1v) is 10.2. The lowest BCUT2D eigenvalue weighted by Gasteiger charge is -2.35. The Balaban J connectivity index is 1.50. The topological polar surface area (TPSA) is 67.9 Å². The monoisotopic (exact) mass is 388 g/mol. The highest BCUT2D eigenvalue weighted by atomic mass is 16.7. The lowest BCUT2D eigenvalue weighted by molar-refractivity contribution is -0.138. The molecule has 2 saturated heterocycles.